The number of methoxy groups -OCH3 is 1. The molecule has 1 aromatic carbocycles. The third kappa shape index (κ3) is 2.66. The summed E-state index contributed by atoms with van der Waals surface area (Å²) >= 11 is 0. The van der Waals surface area contributed by atoms with Crippen molar-refractivity contribution in [1.82, 2.24) is 10.3 Å². The number of hydrogen-bond donors (Lipinski definition) is 1. The highest BCUT2D eigenvalue weighted by atomic mass is 16.5. The van der Waals surface area contributed by atoms with Crippen LogP contribution in [0.25, 0.3) is 11.3 Å². The third-order valence-electron chi connectivity index (χ3n) is 4.16. The molecule has 0 spiro atoms. The van der Waals surface area contributed by atoms with Gasteiger partial charge >= 0.3 is 0 Å². The molecule has 3 heteroatoms. The average molecular weight is 282 g/mol. The molecule has 1 unspecified atom stereocenters. The molecular weight excluding hydrogens is 260 g/mol. The van der Waals surface area contributed by atoms with Gasteiger partial charge in [-0.3, -0.25) is 4.98 Å². The molecule has 0 saturated heterocycles. The Hall–Kier alpha value is -1.87. The molecule has 1 atom stereocenters. The second-order valence-corrected chi connectivity index (χ2v) is 5.47. The van der Waals surface area contributed by atoms with E-state index in [2.05, 4.69) is 35.4 Å². The highest BCUT2D eigenvalue weighted by Gasteiger charge is 2.25. The largest absolute Gasteiger partial charge is 0.494 e. The maximum Gasteiger partial charge on any atom is 0.145 e. The molecule has 1 N–H and O–H groups in total. The third-order valence-corrected chi connectivity index (χ3v) is 4.16. The topological polar surface area (TPSA) is 34.2 Å². The first-order valence-corrected chi connectivity index (χ1v) is 7.69. The van der Waals surface area contributed by atoms with Crippen LogP contribution in [0.2, 0.25) is 0 Å². The van der Waals surface area contributed by atoms with Gasteiger partial charge in [-0.2, -0.15) is 0 Å². The Bertz CT molecular complexity index is 624. The Morgan fingerprint density at radius 1 is 1.29 bits per heavy atom. The maximum absolute atomic E-state index is 5.47. The highest BCUT2D eigenvalue weighted by Crippen LogP contribution is 2.39. The summed E-state index contributed by atoms with van der Waals surface area (Å²) in [5, 5.41) is 3.64. The fourth-order valence-electron chi connectivity index (χ4n) is 3.16. The van der Waals surface area contributed by atoms with Gasteiger partial charge in [0.25, 0.3) is 0 Å². The van der Waals surface area contributed by atoms with Crippen LogP contribution in [-0.4, -0.2) is 18.6 Å². The van der Waals surface area contributed by atoms with E-state index in [4.69, 9.17) is 4.74 Å². The van der Waals surface area contributed by atoms with Gasteiger partial charge in [0.15, 0.2) is 0 Å². The average Bonchev–Trinajstić information content (AvgIpc) is 2.96. The zero-order chi connectivity index (χ0) is 14.7. The molecule has 0 aliphatic heterocycles. The summed E-state index contributed by atoms with van der Waals surface area (Å²) in [5.41, 5.74) is 5.01. The number of nitrogens with zero attached hydrogens (tertiary/aromatic N) is 1. The van der Waals surface area contributed by atoms with Crippen molar-refractivity contribution >= 4 is 0 Å². The number of fused-ring (bicyclic) bond motifs is 1. The van der Waals surface area contributed by atoms with Gasteiger partial charge in [0.05, 0.1) is 7.11 Å². The number of benzene rings is 1. The van der Waals surface area contributed by atoms with Crippen LogP contribution >= 0.6 is 0 Å². The van der Waals surface area contributed by atoms with E-state index in [1.54, 1.807) is 7.11 Å². The molecule has 1 aromatic heterocycles. The van der Waals surface area contributed by atoms with Crippen molar-refractivity contribution in [3.8, 4) is 17.0 Å². The number of rotatable bonds is 5. The van der Waals surface area contributed by atoms with E-state index in [-0.39, 0.29) is 0 Å². The van der Waals surface area contributed by atoms with Crippen LogP contribution in [0.4, 0.5) is 0 Å². The minimum Gasteiger partial charge on any atom is -0.494 e. The molecule has 0 fully saturated rings. The van der Waals surface area contributed by atoms with Gasteiger partial charge in [-0.05, 0) is 49.1 Å². The number of nitrogens with one attached hydrogen (secondary N) is 1. The van der Waals surface area contributed by atoms with Crippen LogP contribution in [0.5, 0.6) is 5.75 Å². The summed E-state index contributed by atoms with van der Waals surface area (Å²) in [4.78, 5) is 4.54. The number of pyridine rings is 1. The van der Waals surface area contributed by atoms with Crippen molar-refractivity contribution in [2.75, 3.05) is 13.7 Å². The lowest BCUT2D eigenvalue weighted by Gasteiger charge is -2.15. The quantitative estimate of drug-likeness (QED) is 0.907. The Morgan fingerprint density at radius 2 is 2.19 bits per heavy atom. The van der Waals surface area contributed by atoms with Gasteiger partial charge in [-0.1, -0.05) is 25.1 Å². The minimum atomic E-state index is 0.481. The number of aromatic nitrogens is 1. The van der Waals surface area contributed by atoms with Crippen molar-refractivity contribution < 1.29 is 4.74 Å². The van der Waals surface area contributed by atoms with Gasteiger partial charge in [-0.25, -0.2) is 0 Å². The van der Waals surface area contributed by atoms with Crippen LogP contribution in [0.3, 0.4) is 0 Å². The van der Waals surface area contributed by atoms with Gasteiger partial charge in [0.1, 0.15) is 11.4 Å². The molecule has 3 nitrogen and oxygen atoms in total. The highest BCUT2D eigenvalue weighted by molar-refractivity contribution is 5.71. The Balaban J connectivity index is 2.01. The Kier molecular flexibility index (Phi) is 4.20. The molecule has 1 aliphatic carbocycles. The van der Waals surface area contributed by atoms with Crippen LogP contribution in [0, 0.1) is 0 Å². The van der Waals surface area contributed by atoms with Crippen molar-refractivity contribution in [2.24, 2.45) is 0 Å². The lowest BCUT2D eigenvalue weighted by atomic mass is 9.99. The second kappa shape index (κ2) is 6.27. The first-order chi connectivity index (χ1) is 10.3. The standard InChI is InChI=1S/C18H22N2O/c1-3-11-19-16-10-9-13-14(16)6-4-7-15(13)18-17(21-2)8-5-12-20-18/h4-8,12,16,19H,3,9-11H2,1-2H3. The molecule has 110 valence electrons. The van der Waals surface area contributed by atoms with Gasteiger partial charge in [0.2, 0.25) is 0 Å². The van der Waals surface area contributed by atoms with E-state index >= 15 is 0 Å². The predicted octanol–water partition coefficient (Wildman–Crippen LogP) is 3.74. The summed E-state index contributed by atoms with van der Waals surface area (Å²) < 4.78 is 5.47. The van der Waals surface area contributed by atoms with Crippen LogP contribution in [0.15, 0.2) is 36.5 Å². The van der Waals surface area contributed by atoms with E-state index in [0.717, 1.165) is 24.4 Å². The summed E-state index contributed by atoms with van der Waals surface area (Å²) in [6.45, 7) is 3.28. The summed E-state index contributed by atoms with van der Waals surface area (Å²) in [5.74, 6) is 0.843. The van der Waals surface area contributed by atoms with E-state index < -0.39 is 0 Å². The van der Waals surface area contributed by atoms with Crippen LogP contribution in [0.1, 0.15) is 36.9 Å². The molecule has 3 rings (SSSR count). The number of hydrogen-bond acceptors (Lipinski definition) is 3. The molecular formula is C18H22N2O. The molecule has 0 bridgehead atoms. The summed E-state index contributed by atoms with van der Waals surface area (Å²) in [7, 11) is 1.70. The first kappa shape index (κ1) is 14.1. The molecule has 21 heavy (non-hydrogen) atoms. The lowest BCUT2D eigenvalue weighted by Crippen LogP contribution is -2.19. The Labute approximate surface area is 126 Å². The predicted molar refractivity (Wildman–Crippen MR) is 85.6 cm³/mol. The van der Waals surface area contributed by atoms with Crippen molar-refractivity contribution in [2.45, 2.75) is 32.2 Å². The zero-order valence-electron chi connectivity index (χ0n) is 12.7. The van der Waals surface area contributed by atoms with E-state index in [0.29, 0.717) is 6.04 Å². The molecule has 1 heterocycles. The van der Waals surface area contributed by atoms with Crippen LogP contribution < -0.4 is 10.1 Å². The monoisotopic (exact) mass is 282 g/mol. The molecule has 1 aliphatic rings. The van der Waals surface area contributed by atoms with E-state index in [9.17, 15) is 0 Å². The van der Waals surface area contributed by atoms with Gasteiger partial charge in [-0.15, -0.1) is 0 Å². The smallest absolute Gasteiger partial charge is 0.145 e. The van der Waals surface area contributed by atoms with E-state index in [1.807, 2.05) is 18.3 Å². The molecule has 2 aromatic rings. The minimum absolute atomic E-state index is 0.481. The van der Waals surface area contributed by atoms with Crippen molar-refractivity contribution in [3.63, 3.8) is 0 Å². The molecule has 0 radical (unpaired) electrons. The van der Waals surface area contributed by atoms with E-state index in [1.165, 1.54) is 29.5 Å². The Morgan fingerprint density at radius 3 is 3.00 bits per heavy atom. The first-order valence-electron chi connectivity index (χ1n) is 7.69. The van der Waals surface area contributed by atoms with Crippen LogP contribution in [-0.2, 0) is 6.42 Å². The van der Waals surface area contributed by atoms with Crippen molar-refractivity contribution in [3.05, 3.63) is 47.7 Å². The fraction of sp³-hybridized carbons (Fsp3) is 0.389. The fourth-order valence-corrected chi connectivity index (χ4v) is 3.16. The lowest BCUT2D eigenvalue weighted by molar-refractivity contribution is 0.415. The number of ether oxygens (including phenoxy) is 1. The van der Waals surface area contributed by atoms with Gasteiger partial charge < -0.3 is 10.1 Å². The summed E-state index contributed by atoms with van der Waals surface area (Å²) in [6.07, 6.45) is 5.27. The second-order valence-electron chi connectivity index (χ2n) is 5.47. The molecule has 0 amide bonds. The zero-order valence-corrected chi connectivity index (χ0v) is 12.7. The maximum atomic E-state index is 5.47. The molecule has 0 saturated carbocycles. The SMILES string of the molecule is CCCNC1CCc2c(-c3ncccc3OC)cccc21. The summed E-state index contributed by atoms with van der Waals surface area (Å²) in [6, 6.07) is 10.9. The normalized spacial score (nSPS) is 16.8. The van der Waals surface area contributed by atoms with Crippen molar-refractivity contribution in [1.29, 1.82) is 0 Å². The van der Waals surface area contributed by atoms with Gasteiger partial charge in [0, 0.05) is 17.8 Å².